The Labute approximate surface area is 147 Å². The van der Waals surface area contributed by atoms with Gasteiger partial charge in [0.25, 0.3) is 20.2 Å². The quantitative estimate of drug-likeness (QED) is 0.416. The van der Waals surface area contributed by atoms with Crippen LogP contribution in [-0.2, 0) is 23.9 Å². The molecule has 1 heterocycles. The van der Waals surface area contributed by atoms with Crippen molar-refractivity contribution in [2.45, 2.75) is 30.9 Å². The summed E-state index contributed by atoms with van der Waals surface area (Å²) in [5, 5.41) is 6.92. The maximum Gasteiger partial charge on any atom is 0.281 e. The zero-order chi connectivity index (χ0) is 16.8. The number of hydrogen-bond acceptors (Lipinski definition) is 10. The molecule has 0 N–H and O–H groups in total. The Hall–Kier alpha value is 0.380. The van der Waals surface area contributed by atoms with E-state index in [0.717, 1.165) is 5.04 Å². The Balaban J connectivity index is 2.34. The summed E-state index contributed by atoms with van der Waals surface area (Å²) >= 11 is 9.74. The van der Waals surface area contributed by atoms with Gasteiger partial charge in [0.2, 0.25) is 0 Å². The minimum atomic E-state index is -4.08. The van der Waals surface area contributed by atoms with Crippen LogP contribution in [-0.4, -0.2) is 55.4 Å². The molecule has 0 aromatic rings. The van der Waals surface area contributed by atoms with Crippen molar-refractivity contribution in [1.29, 1.82) is 0 Å². The van der Waals surface area contributed by atoms with Gasteiger partial charge in [0.05, 0.1) is 16.5 Å². The molecule has 1 aliphatic rings. The molecule has 1 rings (SSSR count). The Bertz CT molecular complexity index is 589. The maximum atomic E-state index is 11.6. The molecule has 0 aliphatic carbocycles. The standard InChI is InChI=1S/C10H20N2O5S5/c1-9-11-12(10(19)20-9)5-2-3-7-21(13,14)17-22(15,16)8-4-6-18/h10,18-19H,2-8H2,1H3. The molecular weight excluding hydrogens is 388 g/mol. The smallest absolute Gasteiger partial charge is 0.273 e. The molecule has 1 unspecified atom stereocenters. The van der Waals surface area contributed by atoms with E-state index in [2.05, 4.69) is 34.0 Å². The molecule has 1 atom stereocenters. The second-order valence-corrected chi connectivity index (χ2v) is 10.8. The minimum Gasteiger partial charge on any atom is -0.273 e. The molecule has 130 valence electrons. The summed E-state index contributed by atoms with van der Waals surface area (Å²) in [5.74, 6) is -0.342. The van der Waals surface area contributed by atoms with Gasteiger partial charge in [-0.3, -0.25) is 5.01 Å². The van der Waals surface area contributed by atoms with Crippen molar-refractivity contribution in [3.63, 3.8) is 0 Å². The van der Waals surface area contributed by atoms with Gasteiger partial charge in [-0.25, -0.2) is 0 Å². The monoisotopic (exact) mass is 408 g/mol. The normalized spacial score (nSPS) is 19.5. The molecule has 12 heteroatoms. The molecule has 0 radical (unpaired) electrons. The van der Waals surface area contributed by atoms with E-state index in [-0.39, 0.29) is 22.6 Å². The molecule has 0 bridgehead atoms. The number of thiol groups is 2. The fourth-order valence-electron chi connectivity index (χ4n) is 1.65. The minimum absolute atomic E-state index is 0.0607. The van der Waals surface area contributed by atoms with Crippen molar-refractivity contribution in [3.8, 4) is 0 Å². The zero-order valence-electron chi connectivity index (χ0n) is 12.1. The van der Waals surface area contributed by atoms with E-state index in [4.69, 9.17) is 0 Å². The summed E-state index contributed by atoms with van der Waals surface area (Å²) in [6.07, 6.45) is 1.09. The fourth-order valence-corrected chi connectivity index (χ4v) is 6.24. The zero-order valence-corrected chi connectivity index (χ0v) is 16.3. The second kappa shape index (κ2) is 9.02. The molecule has 0 spiro atoms. The lowest BCUT2D eigenvalue weighted by Crippen LogP contribution is -2.22. The third-order valence-electron chi connectivity index (χ3n) is 2.59. The predicted molar refractivity (Wildman–Crippen MR) is 96.5 cm³/mol. The van der Waals surface area contributed by atoms with Crippen molar-refractivity contribution in [2.75, 3.05) is 23.8 Å². The van der Waals surface area contributed by atoms with E-state index >= 15 is 0 Å². The Morgan fingerprint density at radius 3 is 2.27 bits per heavy atom. The first-order chi connectivity index (χ1) is 10.2. The first-order valence-corrected chi connectivity index (χ1v) is 11.8. The molecular formula is C10H20N2O5S5. The van der Waals surface area contributed by atoms with Crippen LogP contribution in [0.5, 0.6) is 0 Å². The van der Waals surface area contributed by atoms with Crippen molar-refractivity contribution in [2.24, 2.45) is 5.10 Å². The second-order valence-electron chi connectivity index (χ2n) is 4.60. The van der Waals surface area contributed by atoms with Gasteiger partial charge < -0.3 is 0 Å². The number of nitrogens with zero attached hydrogens (tertiary/aromatic N) is 2. The molecule has 1 aliphatic heterocycles. The Kier molecular flexibility index (Phi) is 8.37. The highest BCUT2D eigenvalue weighted by molar-refractivity contribution is 8.21. The molecule has 0 amide bonds. The number of hydrazone groups is 1. The highest BCUT2D eigenvalue weighted by Gasteiger charge is 2.23. The van der Waals surface area contributed by atoms with Crippen molar-refractivity contribution >= 4 is 62.3 Å². The van der Waals surface area contributed by atoms with Crippen molar-refractivity contribution in [3.05, 3.63) is 0 Å². The van der Waals surface area contributed by atoms with Gasteiger partial charge in [-0.2, -0.15) is 34.6 Å². The van der Waals surface area contributed by atoms with Crippen LogP contribution >= 0.6 is 37.0 Å². The molecule has 0 saturated carbocycles. The molecule has 0 aromatic carbocycles. The lowest BCUT2D eigenvalue weighted by molar-refractivity contribution is 0.323. The molecule has 0 saturated heterocycles. The van der Waals surface area contributed by atoms with E-state index in [9.17, 15) is 16.8 Å². The SMILES string of the molecule is CC1=NN(CCCCS(=O)(=O)OS(=O)(=O)CCCS)C(S)S1. The average Bonchev–Trinajstić information content (AvgIpc) is 2.69. The topological polar surface area (TPSA) is 93.1 Å². The molecule has 22 heavy (non-hydrogen) atoms. The van der Waals surface area contributed by atoms with Crippen LogP contribution in [0.4, 0.5) is 0 Å². The van der Waals surface area contributed by atoms with Crippen LogP contribution in [0.25, 0.3) is 0 Å². The van der Waals surface area contributed by atoms with Crippen molar-refractivity contribution < 1.29 is 20.5 Å². The highest BCUT2D eigenvalue weighted by Crippen LogP contribution is 2.28. The van der Waals surface area contributed by atoms with Crippen LogP contribution in [0.15, 0.2) is 5.10 Å². The Morgan fingerprint density at radius 2 is 1.77 bits per heavy atom. The van der Waals surface area contributed by atoms with Crippen LogP contribution < -0.4 is 0 Å². The van der Waals surface area contributed by atoms with Gasteiger partial charge in [0.1, 0.15) is 4.71 Å². The number of rotatable bonds is 10. The summed E-state index contributed by atoms with van der Waals surface area (Å²) in [6.45, 7) is 2.43. The average molecular weight is 409 g/mol. The van der Waals surface area contributed by atoms with E-state index in [1.807, 2.05) is 6.92 Å². The van der Waals surface area contributed by atoms with E-state index in [0.29, 0.717) is 25.1 Å². The number of unbranched alkanes of at least 4 members (excludes halogenated alkanes) is 1. The first-order valence-electron chi connectivity index (χ1n) is 6.59. The number of hydrogen-bond donors (Lipinski definition) is 2. The van der Waals surface area contributed by atoms with Crippen molar-refractivity contribution in [1.82, 2.24) is 5.01 Å². The predicted octanol–water partition coefficient (Wildman–Crippen LogP) is 1.36. The van der Waals surface area contributed by atoms with Gasteiger partial charge in [-0.05, 0) is 31.9 Å². The molecule has 0 fully saturated rings. The third-order valence-corrected chi connectivity index (χ3v) is 7.60. The highest BCUT2D eigenvalue weighted by atomic mass is 32.3. The first kappa shape index (κ1) is 20.4. The maximum absolute atomic E-state index is 11.6. The van der Waals surface area contributed by atoms with Crippen LogP contribution in [0.3, 0.4) is 0 Å². The van der Waals surface area contributed by atoms with Crippen LogP contribution in [0.2, 0.25) is 0 Å². The van der Waals surface area contributed by atoms with E-state index in [1.54, 1.807) is 5.01 Å². The largest absolute Gasteiger partial charge is 0.281 e. The summed E-state index contributed by atoms with van der Waals surface area (Å²) in [6, 6.07) is 0. The van der Waals surface area contributed by atoms with Gasteiger partial charge in [0.15, 0.2) is 0 Å². The lowest BCUT2D eigenvalue weighted by Gasteiger charge is -2.17. The summed E-state index contributed by atoms with van der Waals surface area (Å²) in [4.78, 5) is 0. The third kappa shape index (κ3) is 7.77. The van der Waals surface area contributed by atoms with Crippen LogP contribution in [0, 0.1) is 0 Å². The summed E-state index contributed by atoms with van der Waals surface area (Å²) in [7, 11) is -8.14. The van der Waals surface area contributed by atoms with E-state index < -0.39 is 20.2 Å². The Morgan fingerprint density at radius 1 is 1.18 bits per heavy atom. The van der Waals surface area contributed by atoms with Gasteiger partial charge >= 0.3 is 0 Å². The lowest BCUT2D eigenvalue weighted by atomic mass is 10.3. The summed E-state index contributed by atoms with van der Waals surface area (Å²) in [5.41, 5.74) is 0. The van der Waals surface area contributed by atoms with E-state index in [1.165, 1.54) is 11.8 Å². The molecule has 7 nitrogen and oxygen atoms in total. The van der Waals surface area contributed by atoms with Gasteiger partial charge in [-0.15, -0.1) is 16.3 Å². The van der Waals surface area contributed by atoms with Crippen LogP contribution in [0.1, 0.15) is 26.2 Å². The summed E-state index contributed by atoms with van der Waals surface area (Å²) < 4.78 is 50.4. The fraction of sp³-hybridized carbons (Fsp3) is 0.900. The molecule has 0 aromatic heterocycles. The number of thioether (sulfide) groups is 1. The van der Waals surface area contributed by atoms with Gasteiger partial charge in [-0.1, -0.05) is 11.8 Å². The van der Waals surface area contributed by atoms with Gasteiger partial charge in [0, 0.05) is 6.54 Å².